The number of allylic oxidation sites excluding steroid dienone is 3. The Balaban J connectivity index is 1.84. The fourth-order valence-corrected chi connectivity index (χ4v) is 3.23. The van der Waals surface area contributed by atoms with E-state index >= 15 is 0 Å². The molecule has 0 aromatic heterocycles. The number of ether oxygens (including phenoxy) is 1. The largest absolute Gasteiger partial charge is 0.458 e. The SMILES string of the molecule is C=C/C=C(\C=C/C)[C@H](C)OC(=O)C1CC2(CCC2)C1. The predicted octanol–water partition coefficient (Wildman–Crippen LogP) is 4.19. The Bertz CT molecular complexity index is 405. The van der Waals surface area contributed by atoms with Crippen molar-refractivity contribution in [2.45, 2.75) is 52.1 Å². The van der Waals surface area contributed by atoms with Crippen LogP contribution in [0, 0.1) is 11.3 Å². The lowest BCUT2D eigenvalue weighted by molar-refractivity contribution is -0.164. The van der Waals surface area contributed by atoms with Crippen molar-refractivity contribution >= 4 is 5.97 Å². The molecule has 0 aromatic rings. The van der Waals surface area contributed by atoms with Crippen LogP contribution in [0.3, 0.4) is 0 Å². The van der Waals surface area contributed by atoms with Crippen LogP contribution >= 0.6 is 0 Å². The number of esters is 1. The van der Waals surface area contributed by atoms with Crippen molar-refractivity contribution in [3.8, 4) is 0 Å². The van der Waals surface area contributed by atoms with E-state index in [2.05, 4.69) is 6.58 Å². The second kappa shape index (κ2) is 5.77. The minimum Gasteiger partial charge on any atom is -0.458 e. The van der Waals surface area contributed by atoms with Crippen molar-refractivity contribution in [1.82, 2.24) is 0 Å². The van der Waals surface area contributed by atoms with Crippen LogP contribution in [-0.4, -0.2) is 12.1 Å². The molecule has 0 heterocycles. The van der Waals surface area contributed by atoms with Crippen molar-refractivity contribution in [1.29, 1.82) is 0 Å². The third kappa shape index (κ3) is 2.99. The molecule has 1 spiro atoms. The normalized spacial score (nSPS) is 23.8. The quantitative estimate of drug-likeness (QED) is 0.547. The first-order valence-corrected chi connectivity index (χ1v) is 7.26. The molecular weight excluding hydrogens is 236 g/mol. The summed E-state index contributed by atoms with van der Waals surface area (Å²) in [5, 5.41) is 0. The summed E-state index contributed by atoms with van der Waals surface area (Å²) in [7, 11) is 0. The van der Waals surface area contributed by atoms with Gasteiger partial charge in [-0.05, 0) is 50.5 Å². The minimum absolute atomic E-state index is 0.0236. The van der Waals surface area contributed by atoms with E-state index in [1.165, 1.54) is 19.3 Å². The van der Waals surface area contributed by atoms with Crippen LogP contribution in [0.2, 0.25) is 0 Å². The molecule has 2 fully saturated rings. The molecule has 1 atom stereocenters. The topological polar surface area (TPSA) is 26.3 Å². The Morgan fingerprint density at radius 3 is 2.58 bits per heavy atom. The highest BCUT2D eigenvalue weighted by Gasteiger charge is 2.51. The molecule has 0 amide bonds. The summed E-state index contributed by atoms with van der Waals surface area (Å²) in [6.07, 6.45) is 13.4. The summed E-state index contributed by atoms with van der Waals surface area (Å²) in [4.78, 5) is 12.1. The van der Waals surface area contributed by atoms with Gasteiger partial charge in [0.25, 0.3) is 0 Å². The van der Waals surface area contributed by atoms with Gasteiger partial charge in [-0.25, -0.2) is 0 Å². The van der Waals surface area contributed by atoms with Gasteiger partial charge < -0.3 is 4.74 Å². The number of carbonyl (C=O) groups is 1. The van der Waals surface area contributed by atoms with Crippen molar-refractivity contribution in [2.75, 3.05) is 0 Å². The molecule has 0 aliphatic heterocycles. The van der Waals surface area contributed by atoms with Crippen LogP contribution in [0.5, 0.6) is 0 Å². The van der Waals surface area contributed by atoms with E-state index < -0.39 is 0 Å². The van der Waals surface area contributed by atoms with E-state index in [1.54, 1.807) is 6.08 Å². The molecular formula is C17H24O2. The molecule has 0 N–H and O–H groups in total. The fraction of sp³-hybridized carbons (Fsp3) is 0.588. The maximum Gasteiger partial charge on any atom is 0.309 e. The van der Waals surface area contributed by atoms with Crippen LogP contribution < -0.4 is 0 Å². The van der Waals surface area contributed by atoms with Crippen molar-refractivity contribution < 1.29 is 9.53 Å². The third-order valence-electron chi connectivity index (χ3n) is 4.54. The van der Waals surface area contributed by atoms with Crippen molar-refractivity contribution in [2.24, 2.45) is 11.3 Å². The van der Waals surface area contributed by atoms with Gasteiger partial charge in [-0.1, -0.05) is 37.3 Å². The fourth-order valence-electron chi connectivity index (χ4n) is 3.23. The summed E-state index contributed by atoms with van der Waals surface area (Å²) in [5.74, 6) is 0.114. The summed E-state index contributed by atoms with van der Waals surface area (Å²) < 4.78 is 5.58. The lowest BCUT2D eigenvalue weighted by Gasteiger charge is -2.53. The number of hydrogen-bond donors (Lipinski definition) is 0. The van der Waals surface area contributed by atoms with Gasteiger partial charge in [0.05, 0.1) is 5.92 Å². The maximum absolute atomic E-state index is 12.1. The van der Waals surface area contributed by atoms with Crippen LogP contribution in [0.1, 0.15) is 46.0 Å². The third-order valence-corrected chi connectivity index (χ3v) is 4.54. The number of rotatable bonds is 5. The Hall–Kier alpha value is -1.31. The number of carbonyl (C=O) groups excluding carboxylic acids is 1. The Kier molecular flexibility index (Phi) is 4.28. The highest BCUT2D eigenvalue weighted by atomic mass is 16.5. The molecule has 0 aromatic carbocycles. The highest BCUT2D eigenvalue weighted by molar-refractivity contribution is 5.74. The van der Waals surface area contributed by atoms with Gasteiger partial charge in [0.15, 0.2) is 0 Å². The van der Waals surface area contributed by atoms with E-state index in [4.69, 9.17) is 4.74 Å². The second-order valence-electron chi connectivity index (χ2n) is 5.94. The van der Waals surface area contributed by atoms with Crippen LogP contribution in [-0.2, 0) is 9.53 Å². The van der Waals surface area contributed by atoms with Crippen LogP contribution in [0.25, 0.3) is 0 Å². The molecule has 19 heavy (non-hydrogen) atoms. The Morgan fingerprint density at radius 2 is 2.11 bits per heavy atom. The predicted molar refractivity (Wildman–Crippen MR) is 77.7 cm³/mol. The summed E-state index contributed by atoms with van der Waals surface area (Å²) in [5.41, 5.74) is 1.51. The van der Waals surface area contributed by atoms with E-state index in [0.717, 1.165) is 18.4 Å². The first kappa shape index (κ1) is 14.1. The Labute approximate surface area is 116 Å². The van der Waals surface area contributed by atoms with Gasteiger partial charge in [0.1, 0.15) is 6.10 Å². The van der Waals surface area contributed by atoms with E-state index in [-0.39, 0.29) is 18.0 Å². The molecule has 0 saturated heterocycles. The molecule has 0 unspecified atom stereocenters. The summed E-state index contributed by atoms with van der Waals surface area (Å²) in [6.45, 7) is 7.57. The van der Waals surface area contributed by atoms with Gasteiger partial charge in [-0.3, -0.25) is 4.79 Å². The van der Waals surface area contributed by atoms with Crippen molar-refractivity contribution in [3.63, 3.8) is 0 Å². The first-order valence-electron chi connectivity index (χ1n) is 7.26. The van der Waals surface area contributed by atoms with Crippen LogP contribution in [0.4, 0.5) is 0 Å². The first-order chi connectivity index (χ1) is 9.10. The standard InChI is InChI=1S/C17H24O2/c1-4-7-14(8-5-2)13(3)19-16(18)15-11-17(12-15)9-6-10-17/h4-5,7-8,13,15H,1,6,9-12H2,2-3H3/b8-5-,14-7+/t13-/m0/s1. The van der Waals surface area contributed by atoms with E-state index in [0.29, 0.717) is 5.41 Å². The van der Waals surface area contributed by atoms with E-state index in [1.807, 2.05) is 32.1 Å². The molecule has 2 rings (SSSR count). The summed E-state index contributed by atoms with van der Waals surface area (Å²) in [6, 6.07) is 0. The minimum atomic E-state index is -0.195. The lowest BCUT2D eigenvalue weighted by atomic mass is 9.52. The average molecular weight is 260 g/mol. The molecule has 2 aliphatic rings. The average Bonchev–Trinajstić information content (AvgIpc) is 2.24. The zero-order valence-corrected chi connectivity index (χ0v) is 12.0. The van der Waals surface area contributed by atoms with Crippen LogP contribution in [0.15, 0.2) is 36.5 Å². The number of hydrogen-bond acceptors (Lipinski definition) is 2. The zero-order chi connectivity index (χ0) is 13.9. The molecule has 2 saturated carbocycles. The molecule has 104 valence electrons. The van der Waals surface area contributed by atoms with E-state index in [9.17, 15) is 4.79 Å². The van der Waals surface area contributed by atoms with Gasteiger partial charge in [-0.2, -0.15) is 0 Å². The Morgan fingerprint density at radius 1 is 1.42 bits per heavy atom. The molecule has 0 radical (unpaired) electrons. The lowest BCUT2D eigenvalue weighted by Crippen LogP contribution is -2.46. The second-order valence-corrected chi connectivity index (χ2v) is 5.94. The monoisotopic (exact) mass is 260 g/mol. The molecule has 2 heteroatoms. The smallest absolute Gasteiger partial charge is 0.309 e. The zero-order valence-electron chi connectivity index (χ0n) is 12.0. The summed E-state index contributed by atoms with van der Waals surface area (Å²) >= 11 is 0. The highest BCUT2D eigenvalue weighted by Crippen LogP contribution is 2.58. The van der Waals surface area contributed by atoms with Gasteiger partial charge in [0.2, 0.25) is 0 Å². The maximum atomic E-state index is 12.1. The van der Waals surface area contributed by atoms with Gasteiger partial charge >= 0.3 is 5.97 Å². The molecule has 2 aliphatic carbocycles. The van der Waals surface area contributed by atoms with Crippen molar-refractivity contribution in [3.05, 3.63) is 36.5 Å². The van der Waals surface area contributed by atoms with Gasteiger partial charge in [0, 0.05) is 0 Å². The molecule has 2 nitrogen and oxygen atoms in total. The molecule has 0 bridgehead atoms. The van der Waals surface area contributed by atoms with Gasteiger partial charge in [-0.15, -0.1) is 0 Å².